The number of hydrogen-bond acceptors (Lipinski definition) is 5. The molecule has 0 aliphatic heterocycles. The first-order valence-corrected chi connectivity index (χ1v) is 7.96. The second-order valence-electron chi connectivity index (χ2n) is 4.30. The van der Waals surface area contributed by atoms with Crippen LogP contribution in [-0.4, -0.2) is 36.9 Å². The van der Waals surface area contributed by atoms with E-state index in [1.807, 2.05) is 6.92 Å². The highest BCUT2D eigenvalue weighted by molar-refractivity contribution is 7.99. The minimum absolute atomic E-state index is 0.111. The van der Waals surface area contributed by atoms with E-state index in [1.165, 1.54) is 5.57 Å². The van der Waals surface area contributed by atoms with Crippen LogP contribution in [0.1, 0.15) is 39.0 Å². The predicted molar refractivity (Wildman–Crippen MR) is 79.6 cm³/mol. The normalized spacial score (nSPS) is 16.5. The van der Waals surface area contributed by atoms with Gasteiger partial charge in [0.25, 0.3) is 0 Å². The molecule has 0 fully saturated rings. The Morgan fingerprint density at radius 1 is 1.47 bits per heavy atom. The van der Waals surface area contributed by atoms with Crippen LogP contribution >= 0.6 is 11.8 Å². The van der Waals surface area contributed by atoms with E-state index >= 15 is 0 Å². The predicted octanol–water partition coefficient (Wildman–Crippen LogP) is 3.18. The van der Waals surface area contributed by atoms with Crippen molar-refractivity contribution in [2.24, 2.45) is 5.16 Å². The molecule has 0 heterocycles. The van der Waals surface area contributed by atoms with Crippen LogP contribution in [0.25, 0.3) is 0 Å². The quantitative estimate of drug-likeness (QED) is 0.371. The standard InChI is InChI=1S/C14H23NO3S/c1-3-18-14(16)11-19-10-5-4-7-12-8-6-9-13(12)15-17-2/h8H,3-7,9-11H2,1-2H3. The van der Waals surface area contributed by atoms with Crippen molar-refractivity contribution in [2.45, 2.75) is 39.0 Å². The van der Waals surface area contributed by atoms with Gasteiger partial charge < -0.3 is 9.57 Å². The lowest BCUT2D eigenvalue weighted by Gasteiger charge is -2.04. The molecule has 1 aliphatic carbocycles. The van der Waals surface area contributed by atoms with Gasteiger partial charge in [0.15, 0.2) is 0 Å². The van der Waals surface area contributed by atoms with Gasteiger partial charge in [0.05, 0.1) is 18.1 Å². The first-order valence-electron chi connectivity index (χ1n) is 6.80. The molecule has 0 unspecified atom stereocenters. The van der Waals surface area contributed by atoms with E-state index in [0.29, 0.717) is 12.4 Å². The molecule has 1 rings (SSSR count). The number of unbranched alkanes of at least 4 members (excludes halogenated alkanes) is 1. The first-order chi connectivity index (χ1) is 9.27. The van der Waals surface area contributed by atoms with Crippen molar-refractivity contribution >= 4 is 23.4 Å². The van der Waals surface area contributed by atoms with Crippen molar-refractivity contribution in [3.05, 3.63) is 11.6 Å². The molecule has 0 aromatic carbocycles. The van der Waals surface area contributed by atoms with Gasteiger partial charge in [0.2, 0.25) is 0 Å². The number of nitrogens with zero attached hydrogens (tertiary/aromatic N) is 1. The number of oxime groups is 1. The maximum atomic E-state index is 11.1. The minimum atomic E-state index is -0.111. The topological polar surface area (TPSA) is 47.9 Å². The summed E-state index contributed by atoms with van der Waals surface area (Å²) in [5.41, 5.74) is 2.43. The van der Waals surface area contributed by atoms with E-state index in [0.717, 1.165) is 43.6 Å². The molecule has 5 heteroatoms. The lowest BCUT2D eigenvalue weighted by Crippen LogP contribution is -2.07. The van der Waals surface area contributed by atoms with Crippen molar-refractivity contribution in [1.82, 2.24) is 0 Å². The molecule has 4 nitrogen and oxygen atoms in total. The van der Waals surface area contributed by atoms with Crippen molar-refractivity contribution in [3.8, 4) is 0 Å². The van der Waals surface area contributed by atoms with Crippen molar-refractivity contribution in [3.63, 3.8) is 0 Å². The Labute approximate surface area is 119 Å². The lowest BCUT2D eigenvalue weighted by atomic mass is 10.1. The number of ether oxygens (including phenoxy) is 1. The van der Waals surface area contributed by atoms with Crippen LogP contribution in [0.5, 0.6) is 0 Å². The fraction of sp³-hybridized carbons (Fsp3) is 0.714. The molecule has 0 saturated carbocycles. The molecular formula is C14H23NO3S. The van der Waals surface area contributed by atoms with Gasteiger partial charge in [-0.2, -0.15) is 11.8 Å². The van der Waals surface area contributed by atoms with Crippen LogP contribution in [0.4, 0.5) is 0 Å². The summed E-state index contributed by atoms with van der Waals surface area (Å²) in [6.07, 6.45) is 7.63. The summed E-state index contributed by atoms with van der Waals surface area (Å²) in [5, 5.41) is 4.05. The van der Waals surface area contributed by atoms with E-state index in [-0.39, 0.29) is 5.97 Å². The largest absolute Gasteiger partial charge is 0.465 e. The van der Waals surface area contributed by atoms with Gasteiger partial charge in [-0.1, -0.05) is 11.2 Å². The molecule has 19 heavy (non-hydrogen) atoms. The highest BCUT2D eigenvalue weighted by atomic mass is 32.2. The Balaban J connectivity index is 2.05. The van der Waals surface area contributed by atoms with Crippen molar-refractivity contribution < 1.29 is 14.4 Å². The number of esters is 1. The number of carbonyl (C=O) groups is 1. The zero-order valence-electron chi connectivity index (χ0n) is 11.8. The van der Waals surface area contributed by atoms with E-state index in [1.54, 1.807) is 18.9 Å². The molecule has 0 bridgehead atoms. The van der Waals surface area contributed by atoms with Gasteiger partial charge in [-0.3, -0.25) is 4.79 Å². The van der Waals surface area contributed by atoms with E-state index in [2.05, 4.69) is 11.2 Å². The lowest BCUT2D eigenvalue weighted by molar-refractivity contribution is -0.139. The summed E-state index contributed by atoms with van der Waals surface area (Å²) in [6, 6.07) is 0. The summed E-state index contributed by atoms with van der Waals surface area (Å²) in [5.74, 6) is 1.36. The zero-order chi connectivity index (χ0) is 13.9. The van der Waals surface area contributed by atoms with Crippen LogP contribution in [-0.2, 0) is 14.4 Å². The van der Waals surface area contributed by atoms with Crippen molar-refractivity contribution in [1.29, 1.82) is 0 Å². The molecule has 0 saturated heterocycles. The molecular weight excluding hydrogens is 262 g/mol. The average molecular weight is 285 g/mol. The van der Waals surface area contributed by atoms with Crippen LogP contribution in [0.3, 0.4) is 0 Å². The molecule has 0 atom stereocenters. The average Bonchev–Trinajstić information content (AvgIpc) is 2.82. The van der Waals surface area contributed by atoms with Crippen LogP contribution < -0.4 is 0 Å². The molecule has 0 amide bonds. The summed E-state index contributed by atoms with van der Waals surface area (Å²) >= 11 is 1.65. The second kappa shape index (κ2) is 9.89. The Hall–Kier alpha value is -0.970. The maximum absolute atomic E-state index is 11.1. The third-order valence-electron chi connectivity index (χ3n) is 2.85. The molecule has 0 aromatic rings. The van der Waals surface area contributed by atoms with Gasteiger partial charge in [-0.05, 0) is 50.4 Å². The fourth-order valence-electron chi connectivity index (χ4n) is 2.00. The Kier molecular flexibility index (Phi) is 8.38. The minimum Gasteiger partial charge on any atom is -0.465 e. The van der Waals surface area contributed by atoms with Crippen LogP contribution in [0.15, 0.2) is 16.8 Å². The van der Waals surface area contributed by atoms with Gasteiger partial charge in [-0.15, -0.1) is 0 Å². The third kappa shape index (κ3) is 6.66. The molecule has 1 aliphatic rings. The maximum Gasteiger partial charge on any atom is 0.315 e. The molecule has 108 valence electrons. The first kappa shape index (κ1) is 16.1. The van der Waals surface area contributed by atoms with E-state index < -0.39 is 0 Å². The fourth-order valence-corrected chi connectivity index (χ4v) is 2.80. The van der Waals surface area contributed by atoms with E-state index in [4.69, 9.17) is 9.57 Å². The zero-order valence-corrected chi connectivity index (χ0v) is 12.6. The van der Waals surface area contributed by atoms with Gasteiger partial charge in [0.1, 0.15) is 7.11 Å². The van der Waals surface area contributed by atoms with Crippen molar-refractivity contribution in [2.75, 3.05) is 25.2 Å². The number of thioether (sulfide) groups is 1. The Morgan fingerprint density at radius 2 is 2.32 bits per heavy atom. The SMILES string of the molecule is CCOC(=O)CSCCCCC1=CCCC1=NOC. The molecule has 0 spiro atoms. The highest BCUT2D eigenvalue weighted by Gasteiger charge is 2.13. The number of hydrogen-bond donors (Lipinski definition) is 0. The summed E-state index contributed by atoms with van der Waals surface area (Å²) in [6.45, 7) is 2.30. The summed E-state index contributed by atoms with van der Waals surface area (Å²) in [7, 11) is 1.59. The Morgan fingerprint density at radius 3 is 3.05 bits per heavy atom. The van der Waals surface area contributed by atoms with Gasteiger partial charge in [-0.25, -0.2) is 0 Å². The molecule has 0 aromatic heterocycles. The van der Waals surface area contributed by atoms with Crippen LogP contribution in [0.2, 0.25) is 0 Å². The smallest absolute Gasteiger partial charge is 0.315 e. The highest BCUT2D eigenvalue weighted by Crippen LogP contribution is 2.21. The third-order valence-corrected chi connectivity index (χ3v) is 3.87. The van der Waals surface area contributed by atoms with Gasteiger partial charge >= 0.3 is 5.97 Å². The summed E-state index contributed by atoms with van der Waals surface area (Å²) < 4.78 is 4.87. The molecule has 0 radical (unpaired) electrons. The number of allylic oxidation sites excluding steroid dienone is 2. The van der Waals surface area contributed by atoms with Crippen LogP contribution in [0, 0.1) is 0 Å². The number of carbonyl (C=O) groups excluding carboxylic acids is 1. The Bertz CT molecular complexity index is 340. The molecule has 0 N–H and O–H groups in total. The number of rotatable bonds is 9. The van der Waals surface area contributed by atoms with E-state index in [9.17, 15) is 4.79 Å². The van der Waals surface area contributed by atoms with Gasteiger partial charge in [0, 0.05) is 0 Å². The monoisotopic (exact) mass is 285 g/mol. The second-order valence-corrected chi connectivity index (χ2v) is 5.41. The summed E-state index contributed by atoms with van der Waals surface area (Å²) in [4.78, 5) is 16.0.